The summed E-state index contributed by atoms with van der Waals surface area (Å²) in [5, 5.41) is 4.90. The van der Waals surface area contributed by atoms with Crippen LogP contribution in [0, 0.1) is 0 Å². The molecule has 7 heteroatoms. The van der Waals surface area contributed by atoms with Crippen molar-refractivity contribution in [3.8, 4) is 0 Å². The maximum absolute atomic E-state index is 10.9. The van der Waals surface area contributed by atoms with E-state index in [-0.39, 0.29) is 4.90 Å². The van der Waals surface area contributed by atoms with Gasteiger partial charge in [0.1, 0.15) is 11.2 Å². The molecule has 2 rings (SSSR count). The summed E-state index contributed by atoms with van der Waals surface area (Å²) in [7, 11) is -3.72. The molecule has 0 atom stereocenters. The zero-order chi connectivity index (χ0) is 10.2. The summed E-state index contributed by atoms with van der Waals surface area (Å²) in [4.78, 5) is -0.0772. The quantitative estimate of drug-likeness (QED) is 0.754. The minimum atomic E-state index is -3.72. The molecule has 6 nitrogen and oxygen atoms in total. The number of nitrogens with two attached hydrogens (primary N) is 1. The first kappa shape index (κ1) is 9.66. The number of rotatable bonds is 2. The van der Waals surface area contributed by atoms with Crippen molar-refractivity contribution < 1.29 is 22.3 Å². The van der Waals surface area contributed by atoms with Crippen molar-refractivity contribution in [3.05, 3.63) is 18.1 Å². The number of hydrogen-bond donors (Lipinski definition) is 1. The van der Waals surface area contributed by atoms with Gasteiger partial charge in [0.15, 0.2) is 5.76 Å². The Morgan fingerprint density at radius 3 is 2.50 bits per heavy atom. The van der Waals surface area contributed by atoms with Crippen molar-refractivity contribution in [2.75, 3.05) is 13.2 Å². The Kier molecular flexibility index (Phi) is 2.31. The van der Waals surface area contributed by atoms with E-state index in [0.717, 1.165) is 6.26 Å². The monoisotopic (exact) mass is 219 g/mol. The Morgan fingerprint density at radius 2 is 2.00 bits per heavy atom. The predicted molar refractivity (Wildman–Crippen MR) is 44.7 cm³/mol. The van der Waals surface area contributed by atoms with E-state index in [1.54, 1.807) is 0 Å². The molecule has 14 heavy (non-hydrogen) atoms. The molecule has 1 aliphatic rings. The molecule has 0 radical (unpaired) electrons. The Labute approximate surface area is 80.6 Å². The van der Waals surface area contributed by atoms with Crippen LogP contribution in [-0.2, 0) is 19.5 Å². The molecule has 1 aromatic heterocycles. The van der Waals surface area contributed by atoms with E-state index in [9.17, 15) is 8.42 Å². The van der Waals surface area contributed by atoms with Crippen LogP contribution in [0.1, 0.15) is 12.1 Å². The summed E-state index contributed by atoms with van der Waals surface area (Å²) in [5.74, 6) is 0.312. The standard InChI is InChI=1S/C7H9NO5S/c8-14(9,10)5-3-6(13-4-5)7-11-1-2-12-7/h3-4,7H,1-2H2,(H2,8,9,10). The maximum atomic E-state index is 10.9. The highest BCUT2D eigenvalue weighted by molar-refractivity contribution is 7.89. The first-order chi connectivity index (χ1) is 6.57. The second-order valence-corrected chi connectivity index (χ2v) is 4.36. The first-order valence-electron chi connectivity index (χ1n) is 3.92. The molecule has 1 aliphatic heterocycles. The molecule has 0 amide bonds. The van der Waals surface area contributed by atoms with Gasteiger partial charge >= 0.3 is 0 Å². The van der Waals surface area contributed by atoms with E-state index in [1.165, 1.54) is 6.07 Å². The highest BCUT2D eigenvalue weighted by Crippen LogP contribution is 2.25. The molecule has 1 aromatic rings. The number of ether oxygens (including phenoxy) is 2. The fourth-order valence-electron chi connectivity index (χ4n) is 1.13. The van der Waals surface area contributed by atoms with E-state index in [2.05, 4.69) is 0 Å². The van der Waals surface area contributed by atoms with Crippen LogP contribution in [0.15, 0.2) is 21.6 Å². The first-order valence-corrected chi connectivity index (χ1v) is 5.46. The molecule has 0 saturated carbocycles. The topological polar surface area (TPSA) is 91.8 Å². The zero-order valence-corrected chi connectivity index (χ0v) is 7.99. The van der Waals surface area contributed by atoms with Gasteiger partial charge in [-0.25, -0.2) is 13.6 Å². The smallest absolute Gasteiger partial charge is 0.241 e. The fraction of sp³-hybridized carbons (Fsp3) is 0.429. The fourth-order valence-corrected chi connectivity index (χ4v) is 1.59. The third kappa shape index (κ3) is 1.80. The molecule has 78 valence electrons. The van der Waals surface area contributed by atoms with Crippen LogP contribution in [0.2, 0.25) is 0 Å². The van der Waals surface area contributed by atoms with Gasteiger partial charge in [0.2, 0.25) is 16.3 Å². The van der Waals surface area contributed by atoms with Gasteiger partial charge in [-0.15, -0.1) is 0 Å². The normalized spacial score (nSPS) is 18.9. The molecule has 1 fully saturated rings. The average molecular weight is 219 g/mol. The third-order valence-electron chi connectivity index (χ3n) is 1.78. The lowest BCUT2D eigenvalue weighted by atomic mass is 10.4. The van der Waals surface area contributed by atoms with Gasteiger partial charge in [-0.3, -0.25) is 0 Å². The van der Waals surface area contributed by atoms with Crippen LogP contribution in [0.3, 0.4) is 0 Å². The average Bonchev–Trinajstić information content (AvgIpc) is 2.73. The van der Waals surface area contributed by atoms with Crippen molar-refractivity contribution in [1.82, 2.24) is 0 Å². The number of hydrogen-bond acceptors (Lipinski definition) is 5. The largest absolute Gasteiger partial charge is 0.462 e. The van der Waals surface area contributed by atoms with E-state index in [0.29, 0.717) is 19.0 Å². The summed E-state index contributed by atoms with van der Waals surface area (Å²) in [5.41, 5.74) is 0. The minimum absolute atomic E-state index is 0.0772. The van der Waals surface area contributed by atoms with E-state index < -0.39 is 16.3 Å². The van der Waals surface area contributed by atoms with E-state index in [1.807, 2.05) is 0 Å². The van der Waals surface area contributed by atoms with Gasteiger partial charge in [0.05, 0.1) is 13.2 Å². The van der Waals surface area contributed by atoms with Crippen LogP contribution < -0.4 is 5.14 Å². The molecule has 0 unspecified atom stereocenters. The van der Waals surface area contributed by atoms with Crippen LogP contribution >= 0.6 is 0 Å². The predicted octanol–water partition coefficient (Wildman–Crippen LogP) is -0.0276. The summed E-state index contributed by atoms with van der Waals surface area (Å²) < 4.78 is 37.0. The lowest BCUT2D eigenvalue weighted by Crippen LogP contribution is -2.10. The van der Waals surface area contributed by atoms with Crippen LogP contribution in [0.25, 0.3) is 0 Å². The van der Waals surface area contributed by atoms with Crippen LogP contribution in [-0.4, -0.2) is 21.6 Å². The SMILES string of the molecule is NS(=O)(=O)c1coc(C2OCCO2)c1. The Bertz CT molecular complexity index is 417. The molecule has 0 bridgehead atoms. The highest BCUT2D eigenvalue weighted by Gasteiger charge is 2.23. The Hall–Kier alpha value is -0.890. The number of sulfonamides is 1. The number of primary sulfonamides is 1. The third-order valence-corrected chi connectivity index (χ3v) is 2.65. The van der Waals surface area contributed by atoms with Crippen molar-refractivity contribution in [1.29, 1.82) is 0 Å². The highest BCUT2D eigenvalue weighted by atomic mass is 32.2. The second kappa shape index (κ2) is 3.35. The molecule has 2 heterocycles. The van der Waals surface area contributed by atoms with Crippen molar-refractivity contribution in [2.45, 2.75) is 11.2 Å². The molecule has 0 spiro atoms. The molecular formula is C7H9NO5S. The van der Waals surface area contributed by atoms with Gasteiger partial charge in [-0.1, -0.05) is 0 Å². The maximum Gasteiger partial charge on any atom is 0.241 e. The Morgan fingerprint density at radius 1 is 1.36 bits per heavy atom. The van der Waals surface area contributed by atoms with Gasteiger partial charge in [0, 0.05) is 6.07 Å². The van der Waals surface area contributed by atoms with Gasteiger partial charge in [0.25, 0.3) is 0 Å². The van der Waals surface area contributed by atoms with Crippen LogP contribution in [0.4, 0.5) is 0 Å². The molecule has 1 saturated heterocycles. The van der Waals surface area contributed by atoms with Crippen molar-refractivity contribution >= 4 is 10.0 Å². The summed E-state index contributed by atoms with van der Waals surface area (Å²) in [6, 6.07) is 1.30. The van der Waals surface area contributed by atoms with Crippen LogP contribution in [0.5, 0.6) is 0 Å². The van der Waals surface area contributed by atoms with E-state index >= 15 is 0 Å². The summed E-state index contributed by atoms with van der Waals surface area (Å²) in [6.07, 6.45) is 0.445. The lowest BCUT2D eigenvalue weighted by Gasteiger charge is -2.02. The summed E-state index contributed by atoms with van der Waals surface area (Å²) in [6.45, 7) is 0.937. The van der Waals surface area contributed by atoms with E-state index in [4.69, 9.17) is 19.0 Å². The van der Waals surface area contributed by atoms with Crippen molar-refractivity contribution in [2.24, 2.45) is 5.14 Å². The molecule has 0 aliphatic carbocycles. The molecular weight excluding hydrogens is 210 g/mol. The second-order valence-electron chi connectivity index (χ2n) is 2.80. The Balaban J connectivity index is 2.25. The van der Waals surface area contributed by atoms with Gasteiger partial charge in [-0.05, 0) is 0 Å². The minimum Gasteiger partial charge on any atom is -0.462 e. The van der Waals surface area contributed by atoms with Gasteiger partial charge in [-0.2, -0.15) is 0 Å². The lowest BCUT2D eigenvalue weighted by molar-refractivity contribution is -0.0588. The van der Waals surface area contributed by atoms with Crippen molar-refractivity contribution in [3.63, 3.8) is 0 Å². The molecule has 2 N–H and O–H groups in total. The summed E-state index contributed by atoms with van der Waals surface area (Å²) >= 11 is 0. The van der Waals surface area contributed by atoms with Gasteiger partial charge < -0.3 is 13.9 Å². The number of furan rings is 1. The molecule has 0 aromatic carbocycles. The zero-order valence-electron chi connectivity index (χ0n) is 7.17.